The van der Waals surface area contributed by atoms with Gasteiger partial charge >= 0.3 is 0 Å². The average Bonchev–Trinajstić information content (AvgIpc) is 2.73. The van der Waals surface area contributed by atoms with Gasteiger partial charge in [0.1, 0.15) is 5.69 Å². The van der Waals surface area contributed by atoms with E-state index in [1.54, 1.807) is 7.05 Å². The number of amides is 1. The lowest BCUT2D eigenvalue weighted by atomic mass is 9.83. The molecule has 1 N–H and O–H groups in total. The molecule has 0 saturated carbocycles. The van der Waals surface area contributed by atoms with E-state index in [-0.39, 0.29) is 11.3 Å². The number of hydrogen-bond acceptors (Lipinski definition) is 2. The van der Waals surface area contributed by atoms with Crippen LogP contribution >= 0.6 is 0 Å². The van der Waals surface area contributed by atoms with Crippen LogP contribution in [0.4, 0.5) is 0 Å². The lowest BCUT2D eigenvalue weighted by molar-refractivity contribution is 0.0957. The van der Waals surface area contributed by atoms with Gasteiger partial charge in [-0.1, -0.05) is 20.8 Å². The summed E-state index contributed by atoms with van der Waals surface area (Å²) in [6, 6.07) is 0. The zero-order valence-electron chi connectivity index (χ0n) is 11.1. The second-order valence-corrected chi connectivity index (χ2v) is 5.66. The summed E-state index contributed by atoms with van der Waals surface area (Å²) in [6.07, 6.45) is 5.08. The highest BCUT2D eigenvalue weighted by molar-refractivity contribution is 5.94. The molecule has 1 aromatic heterocycles. The fraction of sp³-hybridized carbons (Fsp3) is 0.571. The van der Waals surface area contributed by atoms with E-state index in [4.69, 9.17) is 0 Å². The normalized spacial score (nSPS) is 14.6. The van der Waals surface area contributed by atoms with Gasteiger partial charge in [-0.15, -0.1) is 0 Å². The number of fused-ring (bicyclic) bond motifs is 1. The Balaban J connectivity index is 2.57. The molecular weight excluding hydrogens is 212 g/mol. The molecule has 0 saturated heterocycles. The Bertz CT molecular complexity index is 458. The van der Waals surface area contributed by atoms with E-state index in [0.717, 1.165) is 24.8 Å². The molecule has 0 aliphatic heterocycles. The smallest absolute Gasteiger partial charge is 0.269 e. The van der Waals surface area contributed by atoms with Crippen LogP contribution in [0.25, 0.3) is 0 Å². The number of carbonyl (C=O) groups excluding carboxylic acids is 1. The van der Waals surface area contributed by atoms with Gasteiger partial charge in [-0.3, -0.25) is 9.78 Å². The van der Waals surface area contributed by atoms with Crippen molar-refractivity contribution in [2.45, 2.75) is 45.4 Å². The van der Waals surface area contributed by atoms with Crippen molar-refractivity contribution in [3.8, 4) is 0 Å². The van der Waals surface area contributed by atoms with Crippen LogP contribution in [0.5, 0.6) is 0 Å². The molecular formula is C14H20N2O. The number of nitrogens with zero attached hydrogens (tertiary/aromatic N) is 1. The van der Waals surface area contributed by atoms with Crippen molar-refractivity contribution in [1.29, 1.82) is 0 Å². The predicted molar refractivity (Wildman–Crippen MR) is 68.4 cm³/mol. The molecule has 0 atom stereocenters. The van der Waals surface area contributed by atoms with Crippen LogP contribution in [0, 0.1) is 0 Å². The molecule has 0 aromatic carbocycles. The van der Waals surface area contributed by atoms with Crippen molar-refractivity contribution in [3.63, 3.8) is 0 Å². The first-order valence-electron chi connectivity index (χ1n) is 6.18. The molecule has 3 heteroatoms. The second kappa shape index (κ2) is 4.13. The molecule has 17 heavy (non-hydrogen) atoms. The first kappa shape index (κ1) is 12.1. The van der Waals surface area contributed by atoms with Crippen LogP contribution in [-0.2, 0) is 18.3 Å². The van der Waals surface area contributed by atoms with Crippen molar-refractivity contribution in [2.24, 2.45) is 0 Å². The maximum atomic E-state index is 11.8. The van der Waals surface area contributed by atoms with E-state index >= 15 is 0 Å². The van der Waals surface area contributed by atoms with Gasteiger partial charge in [0, 0.05) is 13.2 Å². The summed E-state index contributed by atoms with van der Waals surface area (Å²) in [7, 11) is 1.66. The molecule has 1 aliphatic carbocycles. The molecule has 1 aliphatic rings. The van der Waals surface area contributed by atoms with E-state index in [9.17, 15) is 4.79 Å². The van der Waals surface area contributed by atoms with Gasteiger partial charge in [-0.25, -0.2) is 0 Å². The third kappa shape index (κ3) is 2.06. The van der Waals surface area contributed by atoms with Gasteiger partial charge in [0.05, 0.1) is 0 Å². The first-order chi connectivity index (χ1) is 7.95. The Kier molecular flexibility index (Phi) is 2.94. The fourth-order valence-corrected chi connectivity index (χ4v) is 2.55. The predicted octanol–water partition coefficient (Wildman–Crippen LogP) is 2.23. The molecule has 2 rings (SSSR count). The molecule has 1 heterocycles. The summed E-state index contributed by atoms with van der Waals surface area (Å²) < 4.78 is 0. The highest BCUT2D eigenvalue weighted by atomic mass is 16.1. The minimum absolute atomic E-state index is 0.0661. The highest BCUT2D eigenvalue weighted by Crippen LogP contribution is 2.33. The third-order valence-corrected chi connectivity index (χ3v) is 3.40. The number of rotatable bonds is 1. The summed E-state index contributed by atoms with van der Waals surface area (Å²) in [5.74, 6) is -0.0661. The van der Waals surface area contributed by atoms with Gasteiger partial charge < -0.3 is 5.32 Å². The van der Waals surface area contributed by atoms with Gasteiger partial charge in [0.15, 0.2) is 0 Å². The van der Waals surface area contributed by atoms with E-state index in [1.807, 2.05) is 6.20 Å². The lowest BCUT2D eigenvalue weighted by Gasteiger charge is -2.23. The van der Waals surface area contributed by atoms with Crippen molar-refractivity contribution in [1.82, 2.24) is 10.3 Å². The molecule has 1 amide bonds. The number of carbonyl (C=O) groups is 1. The van der Waals surface area contributed by atoms with Crippen LogP contribution in [0.1, 0.15) is 54.4 Å². The zero-order chi connectivity index (χ0) is 12.6. The van der Waals surface area contributed by atoms with E-state index in [1.165, 1.54) is 11.1 Å². The highest BCUT2D eigenvalue weighted by Gasteiger charge is 2.27. The number of hydrogen-bond donors (Lipinski definition) is 1. The summed E-state index contributed by atoms with van der Waals surface area (Å²) in [6.45, 7) is 6.59. The number of aromatic nitrogens is 1. The Labute approximate surface area is 103 Å². The van der Waals surface area contributed by atoms with Gasteiger partial charge in [0.25, 0.3) is 5.91 Å². The molecule has 92 valence electrons. The average molecular weight is 232 g/mol. The monoisotopic (exact) mass is 232 g/mol. The molecule has 3 nitrogen and oxygen atoms in total. The van der Waals surface area contributed by atoms with Crippen LogP contribution in [0.3, 0.4) is 0 Å². The minimum atomic E-state index is -0.0661. The van der Waals surface area contributed by atoms with Gasteiger partial charge in [-0.2, -0.15) is 0 Å². The molecule has 0 spiro atoms. The second-order valence-electron chi connectivity index (χ2n) is 5.66. The Hall–Kier alpha value is -1.38. The quantitative estimate of drug-likeness (QED) is 0.806. The molecule has 1 aromatic rings. The van der Waals surface area contributed by atoms with Crippen molar-refractivity contribution in [2.75, 3.05) is 7.05 Å². The standard InChI is InChI=1S/C14H20N2O/c1-14(2,3)11-8-16-12(13(17)15-4)10-7-5-6-9(10)11/h8H,5-7H2,1-4H3,(H,15,17). The third-order valence-electron chi connectivity index (χ3n) is 3.40. The van der Waals surface area contributed by atoms with E-state index in [0.29, 0.717) is 5.69 Å². The van der Waals surface area contributed by atoms with E-state index < -0.39 is 0 Å². The van der Waals surface area contributed by atoms with Crippen molar-refractivity contribution < 1.29 is 4.79 Å². The SMILES string of the molecule is CNC(=O)c1ncc(C(C)(C)C)c2c1CCC2. The Morgan fingerprint density at radius 3 is 2.53 bits per heavy atom. The molecule has 0 fully saturated rings. The maximum Gasteiger partial charge on any atom is 0.269 e. The van der Waals surface area contributed by atoms with Gasteiger partial charge in [-0.05, 0) is 41.4 Å². The lowest BCUT2D eigenvalue weighted by Crippen LogP contribution is -2.23. The number of nitrogens with one attached hydrogen (secondary N) is 1. The summed E-state index contributed by atoms with van der Waals surface area (Å²) in [5, 5.41) is 2.67. The minimum Gasteiger partial charge on any atom is -0.354 e. The molecule has 0 unspecified atom stereocenters. The molecule has 0 radical (unpaired) electrons. The van der Waals surface area contributed by atoms with Gasteiger partial charge in [0.2, 0.25) is 0 Å². The van der Waals surface area contributed by atoms with E-state index in [2.05, 4.69) is 31.1 Å². The Morgan fingerprint density at radius 2 is 1.94 bits per heavy atom. The topological polar surface area (TPSA) is 42.0 Å². The van der Waals surface area contributed by atoms with Crippen LogP contribution in [0.2, 0.25) is 0 Å². The largest absolute Gasteiger partial charge is 0.354 e. The van der Waals surface area contributed by atoms with Crippen LogP contribution < -0.4 is 5.32 Å². The van der Waals surface area contributed by atoms with Crippen molar-refractivity contribution >= 4 is 5.91 Å². The summed E-state index contributed by atoms with van der Waals surface area (Å²) >= 11 is 0. The van der Waals surface area contributed by atoms with Crippen LogP contribution in [0.15, 0.2) is 6.20 Å². The molecule has 0 bridgehead atoms. The first-order valence-corrected chi connectivity index (χ1v) is 6.18. The Morgan fingerprint density at radius 1 is 1.29 bits per heavy atom. The maximum absolute atomic E-state index is 11.8. The summed E-state index contributed by atoms with van der Waals surface area (Å²) in [4.78, 5) is 16.1. The summed E-state index contributed by atoms with van der Waals surface area (Å²) in [5.41, 5.74) is 4.52. The van der Waals surface area contributed by atoms with Crippen LogP contribution in [-0.4, -0.2) is 17.9 Å². The zero-order valence-corrected chi connectivity index (χ0v) is 11.1. The number of pyridine rings is 1. The fourth-order valence-electron chi connectivity index (χ4n) is 2.55. The van der Waals surface area contributed by atoms with Crippen molar-refractivity contribution in [3.05, 3.63) is 28.6 Å².